The second kappa shape index (κ2) is 9.70. The Balaban J connectivity index is 1.50. The molecule has 5 atom stereocenters. The molecule has 2 aliphatic rings. The number of fused-ring (bicyclic) bond motifs is 2. The molecular formula is C27H31N3O4S2. The summed E-state index contributed by atoms with van der Waals surface area (Å²) in [6, 6.07) is 13.0. The number of aliphatic hydroxyl groups excluding tert-OH is 2. The highest BCUT2D eigenvalue weighted by atomic mass is 32.1. The third-order valence-corrected chi connectivity index (χ3v) is 10.2. The summed E-state index contributed by atoms with van der Waals surface area (Å²) in [5.41, 5.74) is 0.547. The van der Waals surface area contributed by atoms with Crippen LogP contribution in [0.4, 0.5) is 10.8 Å². The third kappa shape index (κ3) is 4.38. The summed E-state index contributed by atoms with van der Waals surface area (Å²) in [4.78, 5) is 32.4. The van der Waals surface area contributed by atoms with Crippen LogP contribution in [0.5, 0.6) is 0 Å². The maximum atomic E-state index is 13.2. The maximum Gasteiger partial charge on any atom is 0.267 e. The molecular weight excluding hydrogens is 494 g/mol. The molecule has 36 heavy (non-hydrogen) atoms. The average Bonchev–Trinajstić information content (AvgIpc) is 3.54. The number of thiophene rings is 1. The van der Waals surface area contributed by atoms with Crippen molar-refractivity contribution in [3.05, 3.63) is 63.3 Å². The number of anilines is 2. The van der Waals surface area contributed by atoms with Gasteiger partial charge < -0.3 is 15.5 Å². The topological polar surface area (TPSA) is 112 Å². The summed E-state index contributed by atoms with van der Waals surface area (Å²) < 4.78 is 0. The van der Waals surface area contributed by atoms with Crippen LogP contribution in [-0.4, -0.2) is 39.7 Å². The molecule has 0 bridgehead atoms. The fraction of sp³-hybridized carbons (Fsp3) is 0.444. The zero-order valence-electron chi connectivity index (χ0n) is 20.4. The average molecular weight is 526 g/mol. The zero-order valence-corrected chi connectivity index (χ0v) is 22.0. The number of thiazole rings is 1. The monoisotopic (exact) mass is 525 g/mol. The van der Waals surface area contributed by atoms with E-state index in [2.05, 4.69) is 17.6 Å². The number of nitrogens with zero attached hydrogens (tertiary/aromatic N) is 1. The van der Waals surface area contributed by atoms with E-state index in [-0.39, 0.29) is 42.1 Å². The standard InChI is InChI=1S/C27H31N3O4S2/c1-26-11-10-21(32)27(2,15-31)20(26)14-19-23(17(26)13-22(33)28-16-7-4-3-5-8-16)29-25(36-19)30-24(34)18-9-6-12-35-18/h3-9,12,17,20-21,31-32H,10-11,13-15H2,1-2H3,(H,28,33)(H,29,30,34). The van der Waals surface area contributed by atoms with Gasteiger partial charge >= 0.3 is 0 Å². The van der Waals surface area contributed by atoms with Crippen molar-refractivity contribution in [1.29, 1.82) is 0 Å². The maximum absolute atomic E-state index is 13.2. The number of benzene rings is 1. The minimum absolute atomic E-state index is 0.0397. The predicted octanol–water partition coefficient (Wildman–Crippen LogP) is 4.90. The van der Waals surface area contributed by atoms with Crippen LogP contribution in [0.2, 0.25) is 0 Å². The van der Waals surface area contributed by atoms with Gasteiger partial charge in [0.15, 0.2) is 5.13 Å². The number of hydrogen-bond acceptors (Lipinski definition) is 7. The van der Waals surface area contributed by atoms with Gasteiger partial charge in [0, 0.05) is 28.3 Å². The van der Waals surface area contributed by atoms with Crippen molar-refractivity contribution >= 4 is 45.3 Å². The molecule has 2 amide bonds. The van der Waals surface area contributed by atoms with Crippen molar-refractivity contribution in [2.75, 3.05) is 17.2 Å². The van der Waals surface area contributed by atoms with Crippen LogP contribution in [0.3, 0.4) is 0 Å². The van der Waals surface area contributed by atoms with E-state index in [1.54, 1.807) is 6.07 Å². The van der Waals surface area contributed by atoms with Crippen molar-refractivity contribution in [1.82, 2.24) is 4.98 Å². The SMILES string of the molecule is CC1(CO)C(O)CCC2(C)C(CC(=O)Nc3ccccc3)c3nc(NC(=O)c4cccs4)sc3CC12. The lowest BCUT2D eigenvalue weighted by molar-refractivity contribution is -0.143. The minimum Gasteiger partial charge on any atom is -0.396 e. The summed E-state index contributed by atoms with van der Waals surface area (Å²) in [5, 5.41) is 29.6. The van der Waals surface area contributed by atoms with E-state index < -0.39 is 11.5 Å². The molecule has 5 rings (SSSR count). The lowest BCUT2D eigenvalue weighted by Crippen LogP contribution is -2.57. The lowest BCUT2D eigenvalue weighted by atomic mass is 9.47. The van der Waals surface area contributed by atoms with Gasteiger partial charge in [-0.1, -0.05) is 38.1 Å². The molecule has 0 saturated heterocycles. The molecule has 9 heteroatoms. The fourth-order valence-corrected chi connectivity index (χ4v) is 7.87. The molecule has 2 aliphatic carbocycles. The largest absolute Gasteiger partial charge is 0.396 e. The van der Waals surface area contributed by atoms with Crippen LogP contribution in [-0.2, 0) is 11.2 Å². The van der Waals surface area contributed by atoms with Crippen LogP contribution in [0, 0.1) is 16.7 Å². The molecule has 0 radical (unpaired) electrons. The van der Waals surface area contributed by atoms with Crippen molar-refractivity contribution in [3.63, 3.8) is 0 Å². The molecule has 5 unspecified atom stereocenters. The van der Waals surface area contributed by atoms with Crippen LogP contribution in [0.1, 0.15) is 59.3 Å². The second-order valence-electron chi connectivity index (χ2n) is 10.4. The van der Waals surface area contributed by atoms with Gasteiger partial charge in [-0.15, -0.1) is 22.7 Å². The number of hydrogen-bond donors (Lipinski definition) is 4. The van der Waals surface area contributed by atoms with E-state index in [9.17, 15) is 19.8 Å². The third-order valence-electron chi connectivity index (χ3n) is 8.31. The Morgan fingerprint density at radius 1 is 1.14 bits per heavy atom. The first-order valence-electron chi connectivity index (χ1n) is 12.2. The number of amides is 2. The van der Waals surface area contributed by atoms with Gasteiger partial charge in [0.05, 0.1) is 23.3 Å². The van der Waals surface area contributed by atoms with E-state index in [0.717, 1.165) is 22.7 Å². The highest BCUT2D eigenvalue weighted by Gasteiger charge is 2.59. The Morgan fingerprint density at radius 3 is 2.61 bits per heavy atom. The summed E-state index contributed by atoms with van der Waals surface area (Å²) in [6.45, 7) is 3.99. The summed E-state index contributed by atoms with van der Waals surface area (Å²) in [7, 11) is 0. The van der Waals surface area contributed by atoms with Crippen molar-refractivity contribution < 1.29 is 19.8 Å². The molecule has 1 fully saturated rings. The molecule has 3 aromatic rings. The number of para-hydroxylation sites is 1. The van der Waals surface area contributed by atoms with Crippen LogP contribution >= 0.6 is 22.7 Å². The molecule has 2 heterocycles. The van der Waals surface area contributed by atoms with Crippen LogP contribution < -0.4 is 10.6 Å². The number of carbonyl (C=O) groups is 2. The Labute approximate surface area is 218 Å². The van der Waals surface area contributed by atoms with E-state index in [0.29, 0.717) is 22.9 Å². The van der Waals surface area contributed by atoms with Crippen molar-refractivity contribution in [2.24, 2.45) is 16.7 Å². The number of nitrogens with one attached hydrogen (secondary N) is 2. The van der Waals surface area contributed by atoms with E-state index in [1.807, 2.05) is 48.7 Å². The first kappa shape index (κ1) is 25.1. The summed E-state index contributed by atoms with van der Waals surface area (Å²) in [5.74, 6) is -0.555. The molecule has 0 spiro atoms. The smallest absolute Gasteiger partial charge is 0.267 e. The molecule has 190 valence electrons. The first-order valence-corrected chi connectivity index (χ1v) is 13.9. The van der Waals surface area contributed by atoms with Gasteiger partial charge in [0.2, 0.25) is 5.91 Å². The molecule has 0 aliphatic heterocycles. The number of aliphatic hydroxyl groups is 2. The normalized spacial score (nSPS) is 29.2. The first-order chi connectivity index (χ1) is 17.2. The summed E-state index contributed by atoms with van der Waals surface area (Å²) in [6.07, 6.45) is 1.54. The predicted molar refractivity (Wildman–Crippen MR) is 143 cm³/mol. The molecule has 1 aromatic carbocycles. The number of carbonyl (C=O) groups excluding carboxylic acids is 2. The number of aromatic nitrogens is 1. The lowest BCUT2D eigenvalue weighted by Gasteiger charge is -2.58. The molecule has 7 nitrogen and oxygen atoms in total. The molecule has 1 saturated carbocycles. The van der Waals surface area contributed by atoms with Gasteiger partial charge in [0.1, 0.15) is 0 Å². The summed E-state index contributed by atoms with van der Waals surface area (Å²) >= 11 is 2.80. The number of rotatable bonds is 6. The quantitative estimate of drug-likeness (QED) is 0.366. The molecule has 4 N–H and O–H groups in total. The Hall–Kier alpha value is -2.59. The van der Waals surface area contributed by atoms with Gasteiger partial charge in [0.25, 0.3) is 5.91 Å². The van der Waals surface area contributed by atoms with Gasteiger partial charge in [-0.25, -0.2) is 4.98 Å². The van der Waals surface area contributed by atoms with Crippen LogP contribution in [0.25, 0.3) is 0 Å². The zero-order chi connectivity index (χ0) is 25.5. The van der Waals surface area contributed by atoms with Gasteiger partial charge in [-0.3, -0.25) is 14.9 Å². The second-order valence-corrected chi connectivity index (χ2v) is 12.4. The highest BCUT2D eigenvalue weighted by molar-refractivity contribution is 7.16. The van der Waals surface area contributed by atoms with Crippen LogP contribution in [0.15, 0.2) is 47.8 Å². The van der Waals surface area contributed by atoms with Gasteiger partial charge in [-0.05, 0) is 54.2 Å². The Morgan fingerprint density at radius 2 is 1.92 bits per heavy atom. The Kier molecular flexibility index (Phi) is 6.76. The highest BCUT2D eigenvalue weighted by Crippen LogP contribution is 2.62. The minimum atomic E-state index is -0.691. The van der Waals surface area contributed by atoms with E-state index in [4.69, 9.17) is 4.98 Å². The van der Waals surface area contributed by atoms with E-state index >= 15 is 0 Å². The van der Waals surface area contributed by atoms with E-state index in [1.165, 1.54) is 22.7 Å². The van der Waals surface area contributed by atoms with Crippen molar-refractivity contribution in [2.45, 2.75) is 51.6 Å². The fourth-order valence-electron chi connectivity index (χ4n) is 6.18. The Bertz CT molecular complexity index is 1250. The molecule has 2 aromatic heterocycles. The van der Waals surface area contributed by atoms with Gasteiger partial charge in [-0.2, -0.15) is 0 Å². The van der Waals surface area contributed by atoms with Crippen molar-refractivity contribution in [3.8, 4) is 0 Å².